The average molecular weight is 296 g/mol. The maximum atomic E-state index is 5.99. The minimum absolute atomic E-state index is 0.127. The first kappa shape index (κ1) is 15.1. The van der Waals surface area contributed by atoms with Gasteiger partial charge in [-0.05, 0) is 30.5 Å². The molecule has 110 valence electrons. The molecule has 0 spiro atoms. The van der Waals surface area contributed by atoms with Crippen LogP contribution in [-0.4, -0.2) is 25.7 Å². The van der Waals surface area contributed by atoms with Crippen LogP contribution in [0, 0.1) is 0 Å². The van der Waals surface area contributed by atoms with Crippen LogP contribution in [0.25, 0.3) is 0 Å². The number of benzene rings is 1. The molecule has 0 aromatic heterocycles. The molecule has 4 nitrogen and oxygen atoms in total. The van der Waals surface area contributed by atoms with Crippen molar-refractivity contribution in [2.45, 2.75) is 37.8 Å². The third kappa shape index (κ3) is 4.39. The second-order valence-electron chi connectivity index (χ2n) is 5.13. The van der Waals surface area contributed by atoms with E-state index >= 15 is 0 Å². The average Bonchev–Trinajstić information content (AvgIpc) is 2.92. The van der Waals surface area contributed by atoms with E-state index in [1.807, 2.05) is 24.3 Å². The van der Waals surface area contributed by atoms with E-state index in [9.17, 15) is 0 Å². The highest BCUT2D eigenvalue weighted by Gasteiger charge is 2.15. The van der Waals surface area contributed by atoms with Crippen LogP contribution in [0.2, 0.25) is 5.02 Å². The van der Waals surface area contributed by atoms with Crippen molar-refractivity contribution in [1.82, 2.24) is 5.32 Å². The molecule has 1 fully saturated rings. The predicted molar refractivity (Wildman–Crippen MR) is 83.1 cm³/mol. The summed E-state index contributed by atoms with van der Waals surface area (Å²) in [4.78, 5) is 4.38. The fraction of sp³-hybridized carbons (Fsp3) is 0.533. The van der Waals surface area contributed by atoms with Crippen LogP contribution in [0.4, 0.5) is 0 Å². The molecule has 0 amide bonds. The Morgan fingerprint density at radius 2 is 2.25 bits per heavy atom. The lowest BCUT2D eigenvalue weighted by Crippen LogP contribution is -2.38. The smallest absolute Gasteiger partial charge is 0.188 e. The van der Waals surface area contributed by atoms with E-state index in [1.165, 1.54) is 25.7 Å². The molecule has 1 saturated carbocycles. The van der Waals surface area contributed by atoms with E-state index in [0.717, 1.165) is 5.56 Å². The molecule has 1 atom stereocenters. The summed E-state index contributed by atoms with van der Waals surface area (Å²) in [6, 6.07) is 8.11. The molecule has 0 heterocycles. The van der Waals surface area contributed by atoms with Crippen molar-refractivity contribution >= 4 is 17.6 Å². The second kappa shape index (κ2) is 7.50. The van der Waals surface area contributed by atoms with E-state index < -0.39 is 0 Å². The molecule has 0 bridgehead atoms. The normalized spacial score (nSPS) is 18.2. The highest BCUT2D eigenvalue weighted by atomic mass is 35.5. The fourth-order valence-electron chi connectivity index (χ4n) is 2.53. The van der Waals surface area contributed by atoms with Crippen molar-refractivity contribution in [2.24, 2.45) is 10.7 Å². The first-order chi connectivity index (χ1) is 9.69. The van der Waals surface area contributed by atoms with Gasteiger partial charge in [0.05, 0.1) is 6.54 Å². The Hall–Kier alpha value is -1.26. The number of hydrogen-bond donors (Lipinski definition) is 2. The highest BCUT2D eigenvalue weighted by Crippen LogP contribution is 2.21. The lowest BCUT2D eigenvalue weighted by atomic mass is 10.1. The summed E-state index contributed by atoms with van der Waals surface area (Å²) in [5.74, 6) is 0.501. The Morgan fingerprint density at radius 3 is 2.90 bits per heavy atom. The number of aliphatic imine (C=N–C) groups is 1. The fourth-order valence-corrected chi connectivity index (χ4v) is 2.73. The number of rotatable bonds is 5. The number of nitrogens with one attached hydrogen (secondary N) is 1. The third-order valence-corrected chi connectivity index (χ3v) is 3.87. The summed E-state index contributed by atoms with van der Waals surface area (Å²) in [5, 5.41) is 3.97. The van der Waals surface area contributed by atoms with E-state index in [0.29, 0.717) is 23.6 Å². The quantitative estimate of drug-likeness (QED) is 0.649. The Bertz CT molecular complexity index is 458. The predicted octanol–water partition coefficient (Wildman–Crippen LogP) is 2.87. The summed E-state index contributed by atoms with van der Waals surface area (Å²) >= 11 is 5.99. The van der Waals surface area contributed by atoms with Gasteiger partial charge in [0.15, 0.2) is 5.96 Å². The maximum absolute atomic E-state index is 5.99. The van der Waals surface area contributed by atoms with Crippen molar-refractivity contribution in [1.29, 1.82) is 0 Å². The van der Waals surface area contributed by atoms with Gasteiger partial charge in [0, 0.05) is 18.2 Å². The van der Waals surface area contributed by atoms with Crippen LogP contribution in [0.15, 0.2) is 29.3 Å². The van der Waals surface area contributed by atoms with Crippen molar-refractivity contribution < 1.29 is 4.74 Å². The number of halogens is 1. The van der Waals surface area contributed by atoms with Gasteiger partial charge in [-0.25, -0.2) is 0 Å². The zero-order valence-electron chi connectivity index (χ0n) is 11.8. The molecular formula is C15H22ClN3O. The van der Waals surface area contributed by atoms with Gasteiger partial charge in [-0.1, -0.05) is 36.6 Å². The molecule has 1 aromatic rings. The summed E-state index contributed by atoms with van der Waals surface area (Å²) in [6.45, 7) is 0.488. The number of nitrogens with zero attached hydrogens (tertiary/aromatic N) is 1. The van der Waals surface area contributed by atoms with Gasteiger partial charge in [0.1, 0.15) is 6.10 Å². The molecule has 0 aliphatic heterocycles. The zero-order valence-corrected chi connectivity index (χ0v) is 12.6. The molecule has 3 N–H and O–H groups in total. The Balaban J connectivity index is 1.92. The molecule has 1 aliphatic rings. The SMILES string of the molecule is COC(CN=C(N)NC1CCCC1)c1cccc(Cl)c1. The zero-order chi connectivity index (χ0) is 14.4. The topological polar surface area (TPSA) is 59.6 Å². The van der Waals surface area contributed by atoms with Crippen molar-refractivity contribution in [3.63, 3.8) is 0 Å². The lowest BCUT2D eigenvalue weighted by molar-refractivity contribution is 0.111. The van der Waals surface area contributed by atoms with Gasteiger partial charge in [-0.15, -0.1) is 0 Å². The minimum atomic E-state index is -0.127. The molecule has 2 rings (SSSR count). The minimum Gasteiger partial charge on any atom is -0.375 e. The number of hydrogen-bond acceptors (Lipinski definition) is 2. The van der Waals surface area contributed by atoms with Crippen molar-refractivity contribution in [3.8, 4) is 0 Å². The monoisotopic (exact) mass is 295 g/mol. The van der Waals surface area contributed by atoms with E-state index in [2.05, 4.69) is 10.3 Å². The molecule has 0 saturated heterocycles. The first-order valence-electron chi connectivity index (χ1n) is 7.03. The molecule has 0 radical (unpaired) electrons. The molecule has 1 aromatic carbocycles. The van der Waals surface area contributed by atoms with E-state index in [-0.39, 0.29) is 6.10 Å². The van der Waals surface area contributed by atoms with Crippen molar-refractivity contribution in [3.05, 3.63) is 34.9 Å². The number of methoxy groups -OCH3 is 1. The van der Waals surface area contributed by atoms with E-state index in [1.54, 1.807) is 7.11 Å². The van der Waals surface area contributed by atoms with Crippen LogP contribution < -0.4 is 11.1 Å². The summed E-state index contributed by atoms with van der Waals surface area (Å²) < 4.78 is 5.46. The van der Waals surface area contributed by atoms with Crippen molar-refractivity contribution in [2.75, 3.05) is 13.7 Å². The number of nitrogens with two attached hydrogens (primary N) is 1. The van der Waals surface area contributed by atoms with Gasteiger partial charge in [-0.3, -0.25) is 4.99 Å². The molecule has 1 aliphatic carbocycles. The van der Waals surface area contributed by atoms with Crippen LogP contribution in [0.3, 0.4) is 0 Å². The van der Waals surface area contributed by atoms with Gasteiger partial charge in [0.2, 0.25) is 0 Å². The molecule has 1 unspecified atom stereocenters. The lowest BCUT2D eigenvalue weighted by Gasteiger charge is -2.16. The Labute approximate surface area is 125 Å². The van der Waals surface area contributed by atoms with Gasteiger partial charge in [0.25, 0.3) is 0 Å². The van der Waals surface area contributed by atoms with Crippen LogP contribution in [-0.2, 0) is 4.74 Å². The molecule has 20 heavy (non-hydrogen) atoms. The van der Waals surface area contributed by atoms with Gasteiger partial charge < -0.3 is 15.8 Å². The second-order valence-corrected chi connectivity index (χ2v) is 5.57. The summed E-state index contributed by atoms with van der Waals surface area (Å²) in [5.41, 5.74) is 6.93. The van der Waals surface area contributed by atoms with Crippen LogP contribution in [0.1, 0.15) is 37.4 Å². The first-order valence-corrected chi connectivity index (χ1v) is 7.41. The highest BCUT2D eigenvalue weighted by molar-refractivity contribution is 6.30. The van der Waals surface area contributed by atoms with E-state index in [4.69, 9.17) is 22.1 Å². The number of guanidine groups is 1. The molecule has 5 heteroatoms. The molecular weight excluding hydrogens is 274 g/mol. The van der Waals surface area contributed by atoms with Gasteiger partial charge >= 0.3 is 0 Å². The summed E-state index contributed by atoms with van der Waals surface area (Å²) in [7, 11) is 1.67. The van der Waals surface area contributed by atoms with Crippen LogP contribution in [0.5, 0.6) is 0 Å². The summed E-state index contributed by atoms with van der Waals surface area (Å²) in [6.07, 6.45) is 4.77. The largest absolute Gasteiger partial charge is 0.375 e. The maximum Gasteiger partial charge on any atom is 0.188 e. The number of ether oxygens (including phenoxy) is 1. The van der Waals surface area contributed by atoms with Crippen LogP contribution >= 0.6 is 11.6 Å². The Kier molecular flexibility index (Phi) is 5.68. The van der Waals surface area contributed by atoms with Gasteiger partial charge in [-0.2, -0.15) is 0 Å². The third-order valence-electron chi connectivity index (χ3n) is 3.64. The standard InChI is InChI=1S/C15H22ClN3O/c1-20-14(11-5-4-6-12(16)9-11)10-18-15(17)19-13-7-2-3-8-13/h4-6,9,13-14H,2-3,7-8,10H2,1H3,(H3,17,18,19). The Morgan fingerprint density at radius 1 is 1.50 bits per heavy atom.